The van der Waals surface area contributed by atoms with Crippen LogP contribution in [0.15, 0.2) is 53.4 Å². The van der Waals surface area contributed by atoms with E-state index in [4.69, 9.17) is 9.47 Å². The molecule has 0 bridgehead atoms. The highest BCUT2D eigenvalue weighted by Crippen LogP contribution is 2.39. The lowest BCUT2D eigenvalue weighted by Gasteiger charge is -2.13. The van der Waals surface area contributed by atoms with Crippen LogP contribution in [0, 0.1) is 0 Å². The third-order valence-electron chi connectivity index (χ3n) is 3.37. The third kappa shape index (κ3) is 2.93. The molecule has 1 aliphatic rings. The number of hydrogen-bond donors (Lipinski definition) is 0. The standard InChI is InChI=1S/C17H18O2S/c1-2-18-14-6-5-7-15(10-14)19-11-13-12-20-17-9-4-3-8-16(13)17/h3-10,13H,2,11-12H2,1H3. The van der Waals surface area contributed by atoms with E-state index in [1.165, 1.54) is 10.5 Å². The second-order valence-corrected chi connectivity index (χ2v) is 5.83. The van der Waals surface area contributed by atoms with E-state index in [2.05, 4.69) is 24.3 Å². The van der Waals surface area contributed by atoms with E-state index in [0.717, 1.165) is 23.9 Å². The SMILES string of the molecule is CCOc1cccc(OCC2CSc3ccccc32)c1. The number of fused-ring (bicyclic) bond motifs is 1. The van der Waals surface area contributed by atoms with Gasteiger partial charge in [-0.05, 0) is 30.7 Å². The lowest BCUT2D eigenvalue weighted by molar-refractivity contribution is 0.293. The van der Waals surface area contributed by atoms with Gasteiger partial charge in [0.25, 0.3) is 0 Å². The molecule has 1 unspecified atom stereocenters. The van der Waals surface area contributed by atoms with Crippen molar-refractivity contribution in [3.63, 3.8) is 0 Å². The quantitative estimate of drug-likeness (QED) is 0.814. The van der Waals surface area contributed by atoms with Crippen molar-refractivity contribution in [2.24, 2.45) is 0 Å². The summed E-state index contributed by atoms with van der Waals surface area (Å²) >= 11 is 1.92. The average molecular weight is 286 g/mol. The first-order chi connectivity index (χ1) is 9.86. The molecule has 0 fully saturated rings. The van der Waals surface area contributed by atoms with Crippen LogP contribution in [0.3, 0.4) is 0 Å². The van der Waals surface area contributed by atoms with Gasteiger partial charge in [0, 0.05) is 22.6 Å². The zero-order valence-electron chi connectivity index (χ0n) is 11.5. The molecule has 0 saturated heterocycles. The van der Waals surface area contributed by atoms with Crippen molar-refractivity contribution >= 4 is 11.8 Å². The van der Waals surface area contributed by atoms with E-state index in [9.17, 15) is 0 Å². The molecular formula is C17H18O2S. The summed E-state index contributed by atoms with van der Waals surface area (Å²) in [5.74, 6) is 3.33. The summed E-state index contributed by atoms with van der Waals surface area (Å²) in [5.41, 5.74) is 1.42. The van der Waals surface area contributed by atoms with E-state index in [1.54, 1.807) is 0 Å². The third-order valence-corrected chi connectivity index (χ3v) is 4.62. The number of hydrogen-bond acceptors (Lipinski definition) is 3. The van der Waals surface area contributed by atoms with Gasteiger partial charge in [-0.3, -0.25) is 0 Å². The largest absolute Gasteiger partial charge is 0.494 e. The maximum atomic E-state index is 5.94. The monoisotopic (exact) mass is 286 g/mol. The molecule has 0 amide bonds. The Morgan fingerprint density at radius 3 is 2.70 bits per heavy atom. The summed E-state index contributed by atoms with van der Waals surface area (Å²) in [7, 11) is 0. The smallest absolute Gasteiger partial charge is 0.123 e. The van der Waals surface area contributed by atoms with Gasteiger partial charge in [0.2, 0.25) is 0 Å². The average Bonchev–Trinajstić information content (AvgIpc) is 2.89. The molecule has 3 heteroatoms. The normalized spacial score (nSPS) is 16.8. The van der Waals surface area contributed by atoms with Crippen molar-refractivity contribution in [3.8, 4) is 11.5 Å². The predicted molar refractivity (Wildman–Crippen MR) is 83.0 cm³/mol. The fourth-order valence-corrected chi connectivity index (χ4v) is 3.62. The topological polar surface area (TPSA) is 18.5 Å². The summed E-state index contributed by atoms with van der Waals surface area (Å²) in [6.07, 6.45) is 0. The number of thioether (sulfide) groups is 1. The molecular weight excluding hydrogens is 268 g/mol. The first-order valence-electron chi connectivity index (χ1n) is 6.94. The molecule has 0 aliphatic carbocycles. The highest BCUT2D eigenvalue weighted by Gasteiger charge is 2.23. The Kier molecular flexibility index (Phi) is 4.16. The minimum Gasteiger partial charge on any atom is -0.494 e. The number of rotatable bonds is 5. The zero-order chi connectivity index (χ0) is 13.8. The molecule has 0 aromatic heterocycles. The Hall–Kier alpha value is -1.61. The Labute approximate surface area is 124 Å². The van der Waals surface area contributed by atoms with Gasteiger partial charge in [-0.15, -0.1) is 11.8 Å². The molecule has 1 aliphatic heterocycles. The highest BCUT2D eigenvalue weighted by molar-refractivity contribution is 7.99. The predicted octanol–water partition coefficient (Wildman–Crippen LogP) is 4.35. The molecule has 20 heavy (non-hydrogen) atoms. The van der Waals surface area contributed by atoms with Crippen LogP contribution < -0.4 is 9.47 Å². The second-order valence-electron chi connectivity index (χ2n) is 4.76. The van der Waals surface area contributed by atoms with Crippen LogP contribution in [0.4, 0.5) is 0 Å². The molecule has 0 spiro atoms. The van der Waals surface area contributed by atoms with E-state index >= 15 is 0 Å². The lowest BCUT2D eigenvalue weighted by Crippen LogP contribution is -2.09. The van der Waals surface area contributed by atoms with Crippen LogP contribution in [-0.2, 0) is 0 Å². The number of ether oxygens (including phenoxy) is 2. The zero-order valence-corrected chi connectivity index (χ0v) is 12.4. The molecule has 3 rings (SSSR count). The first-order valence-corrected chi connectivity index (χ1v) is 7.92. The molecule has 2 aromatic rings. The summed E-state index contributed by atoms with van der Waals surface area (Å²) in [5, 5.41) is 0. The Morgan fingerprint density at radius 1 is 1.05 bits per heavy atom. The van der Waals surface area contributed by atoms with Gasteiger partial charge < -0.3 is 9.47 Å². The minimum atomic E-state index is 0.479. The summed E-state index contributed by atoms with van der Waals surface area (Å²) in [6.45, 7) is 3.38. The summed E-state index contributed by atoms with van der Waals surface area (Å²) in [6, 6.07) is 16.5. The van der Waals surface area contributed by atoms with Gasteiger partial charge in [-0.1, -0.05) is 24.3 Å². The van der Waals surface area contributed by atoms with E-state index in [1.807, 2.05) is 43.0 Å². The van der Waals surface area contributed by atoms with Crippen LogP contribution in [-0.4, -0.2) is 19.0 Å². The van der Waals surface area contributed by atoms with Gasteiger partial charge in [-0.2, -0.15) is 0 Å². The van der Waals surface area contributed by atoms with Crippen molar-refractivity contribution in [1.29, 1.82) is 0 Å². The van der Waals surface area contributed by atoms with Crippen LogP contribution in [0.1, 0.15) is 18.4 Å². The molecule has 0 radical (unpaired) electrons. The van der Waals surface area contributed by atoms with Crippen molar-refractivity contribution < 1.29 is 9.47 Å². The molecule has 1 atom stereocenters. The highest BCUT2D eigenvalue weighted by atomic mass is 32.2. The van der Waals surface area contributed by atoms with Crippen molar-refractivity contribution in [2.45, 2.75) is 17.7 Å². The van der Waals surface area contributed by atoms with Gasteiger partial charge in [0.15, 0.2) is 0 Å². The Balaban J connectivity index is 1.64. The van der Waals surface area contributed by atoms with Gasteiger partial charge in [0.1, 0.15) is 11.5 Å². The fourth-order valence-electron chi connectivity index (χ4n) is 2.38. The van der Waals surface area contributed by atoms with Crippen molar-refractivity contribution in [3.05, 3.63) is 54.1 Å². The first kappa shape index (κ1) is 13.4. The Bertz CT molecular complexity index is 583. The molecule has 104 valence electrons. The lowest BCUT2D eigenvalue weighted by atomic mass is 10.0. The summed E-state index contributed by atoms with van der Waals surface area (Å²) in [4.78, 5) is 1.39. The van der Waals surface area contributed by atoms with Crippen molar-refractivity contribution in [2.75, 3.05) is 19.0 Å². The van der Waals surface area contributed by atoms with E-state index in [-0.39, 0.29) is 0 Å². The molecule has 0 N–H and O–H groups in total. The van der Waals surface area contributed by atoms with Gasteiger partial charge >= 0.3 is 0 Å². The minimum absolute atomic E-state index is 0.479. The summed E-state index contributed by atoms with van der Waals surface area (Å²) < 4.78 is 11.4. The van der Waals surface area contributed by atoms with Gasteiger partial charge in [0.05, 0.1) is 13.2 Å². The van der Waals surface area contributed by atoms with Crippen LogP contribution in [0.5, 0.6) is 11.5 Å². The molecule has 0 saturated carbocycles. The maximum absolute atomic E-state index is 5.94. The maximum Gasteiger partial charge on any atom is 0.123 e. The van der Waals surface area contributed by atoms with Gasteiger partial charge in [-0.25, -0.2) is 0 Å². The van der Waals surface area contributed by atoms with E-state index in [0.29, 0.717) is 12.5 Å². The second kappa shape index (κ2) is 6.23. The van der Waals surface area contributed by atoms with Crippen molar-refractivity contribution in [1.82, 2.24) is 0 Å². The van der Waals surface area contributed by atoms with E-state index < -0.39 is 0 Å². The Morgan fingerprint density at radius 2 is 1.85 bits per heavy atom. The molecule has 2 nitrogen and oxygen atoms in total. The molecule has 1 heterocycles. The van der Waals surface area contributed by atoms with Crippen LogP contribution in [0.25, 0.3) is 0 Å². The fraction of sp³-hybridized carbons (Fsp3) is 0.294. The number of benzene rings is 2. The van der Waals surface area contributed by atoms with Crippen LogP contribution >= 0.6 is 11.8 Å². The molecule has 2 aromatic carbocycles. The van der Waals surface area contributed by atoms with Crippen LogP contribution in [0.2, 0.25) is 0 Å².